The fraction of sp³-hybridized carbons (Fsp3) is 0.583. The monoisotopic (exact) mass is 254 g/mol. The van der Waals surface area contributed by atoms with E-state index >= 15 is 0 Å². The van der Waals surface area contributed by atoms with Gasteiger partial charge in [-0.2, -0.15) is 0 Å². The number of aryl methyl sites for hydroxylation is 2. The van der Waals surface area contributed by atoms with Crippen molar-refractivity contribution in [3.63, 3.8) is 0 Å². The van der Waals surface area contributed by atoms with E-state index in [-0.39, 0.29) is 12.5 Å². The maximum Gasteiger partial charge on any atom is 0.325 e. The number of hydrogen-bond acceptors (Lipinski definition) is 5. The van der Waals surface area contributed by atoms with Crippen LogP contribution in [0.1, 0.15) is 35.7 Å². The van der Waals surface area contributed by atoms with Crippen LogP contribution in [0, 0.1) is 13.8 Å². The van der Waals surface area contributed by atoms with Crippen LogP contribution in [-0.4, -0.2) is 41.6 Å². The third-order valence-corrected chi connectivity index (χ3v) is 2.54. The number of carbonyl (C=O) groups is 2. The summed E-state index contributed by atoms with van der Waals surface area (Å²) in [6, 6.07) is 0. The minimum Gasteiger partial charge on any atom is -0.465 e. The normalized spacial score (nSPS) is 10.2. The number of amides is 1. The van der Waals surface area contributed by atoms with Crippen molar-refractivity contribution in [1.82, 2.24) is 10.1 Å². The Bertz CT molecular complexity index is 420. The second kappa shape index (κ2) is 6.18. The summed E-state index contributed by atoms with van der Waals surface area (Å²) in [7, 11) is 0. The summed E-state index contributed by atoms with van der Waals surface area (Å²) in [5.41, 5.74) is 0.945. The summed E-state index contributed by atoms with van der Waals surface area (Å²) in [6.45, 7) is 7.55. The molecule has 0 saturated heterocycles. The predicted octanol–water partition coefficient (Wildman–Crippen LogP) is 1.32. The zero-order valence-electron chi connectivity index (χ0n) is 11.1. The van der Waals surface area contributed by atoms with Crippen molar-refractivity contribution in [2.45, 2.75) is 27.7 Å². The van der Waals surface area contributed by atoms with Gasteiger partial charge >= 0.3 is 5.97 Å². The average molecular weight is 254 g/mol. The van der Waals surface area contributed by atoms with Crippen molar-refractivity contribution in [1.29, 1.82) is 0 Å². The second-order valence-electron chi connectivity index (χ2n) is 3.82. The first-order valence-corrected chi connectivity index (χ1v) is 5.89. The number of hydrogen-bond donors (Lipinski definition) is 0. The molecule has 0 atom stereocenters. The highest BCUT2D eigenvalue weighted by Gasteiger charge is 2.24. The highest BCUT2D eigenvalue weighted by Crippen LogP contribution is 2.15. The predicted molar refractivity (Wildman–Crippen MR) is 64.2 cm³/mol. The summed E-state index contributed by atoms with van der Waals surface area (Å²) in [5, 5.41) is 3.73. The Labute approximate surface area is 106 Å². The minimum atomic E-state index is -0.417. The Kier molecular flexibility index (Phi) is 4.88. The molecule has 18 heavy (non-hydrogen) atoms. The van der Waals surface area contributed by atoms with E-state index in [0.717, 1.165) is 0 Å². The number of likely N-dealkylation sites (N-methyl/N-ethyl adjacent to an activating group) is 1. The zero-order valence-corrected chi connectivity index (χ0v) is 11.1. The van der Waals surface area contributed by atoms with Crippen LogP contribution >= 0.6 is 0 Å². The molecule has 6 nitrogen and oxygen atoms in total. The van der Waals surface area contributed by atoms with Gasteiger partial charge in [-0.15, -0.1) is 0 Å². The van der Waals surface area contributed by atoms with E-state index in [9.17, 15) is 9.59 Å². The van der Waals surface area contributed by atoms with Crippen molar-refractivity contribution < 1.29 is 18.8 Å². The van der Waals surface area contributed by atoms with Gasteiger partial charge in [0.25, 0.3) is 5.91 Å². The fourth-order valence-corrected chi connectivity index (χ4v) is 1.64. The molecular weight excluding hydrogens is 236 g/mol. The maximum atomic E-state index is 12.2. The van der Waals surface area contributed by atoms with Crippen LogP contribution in [0.25, 0.3) is 0 Å². The molecule has 0 aliphatic rings. The Morgan fingerprint density at radius 3 is 2.44 bits per heavy atom. The van der Waals surface area contributed by atoms with E-state index in [1.807, 2.05) is 0 Å². The first-order valence-electron chi connectivity index (χ1n) is 5.89. The molecule has 0 fully saturated rings. The zero-order chi connectivity index (χ0) is 13.7. The number of ether oxygens (including phenoxy) is 1. The Morgan fingerprint density at radius 2 is 2.00 bits per heavy atom. The van der Waals surface area contributed by atoms with Crippen LogP contribution in [0.15, 0.2) is 4.52 Å². The summed E-state index contributed by atoms with van der Waals surface area (Å²) >= 11 is 0. The highest BCUT2D eigenvalue weighted by atomic mass is 16.5. The van der Waals surface area contributed by atoms with Crippen LogP contribution < -0.4 is 0 Å². The van der Waals surface area contributed by atoms with Crippen LogP contribution in [0.2, 0.25) is 0 Å². The summed E-state index contributed by atoms with van der Waals surface area (Å²) in [5.74, 6) is -0.221. The standard InChI is InChI=1S/C12H18N2O4/c1-5-14(7-10(15)17-6-2)12(16)11-8(3)13-18-9(11)4/h5-7H2,1-4H3. The second-order valence-corrected chi connectivity index (χ2v) is 3.82. The lowest BCUT2D eigenvalue weighted by Crippen LogP contribution is -2.36. The third-order valence-electron chi connectivity index (χ3n) is 2.54. The van der Waals surface area contributed by atoms with Gasteiger partial charge in [0.15, 0.2) is 0 Å². The highest BCUT2D eigenvalue weighted by molar-refractivity contribution is 5.97. The lowest BCUT2D eigenvalue weighted by atomic mass is 10.2. The molecule has 100 valence electrons. The molecule has 0 bridgehead atoms. The molecule has 6 heteroatoms. The molecule has 0 saturated carbocycles. The van der Waals surface area contributed by atoms with Crippen molar-refractivity contribution in [3.05, 3.63) is 17.0 Å². The molecule has 0 unspecified atom stereocenters. The topological polar surface area (TPSA) is 72.6 Å². The van der Waals surface area contributed by atoms with Gasteiger partial charge in [0.1, 0.15) is 17.9 Å². The SMILES string of the molecule is CCOC(=O)CN(CC)C(=O)c1c(C)noc1C. The minimum absolute atomic E-state index is 0.0623. The molecule has 0 spiro atoms. The molecule has 1 amide bonds. The summed E-state index contributed by atoms with van der Waals surface area (Å²) in [4.78, 5) is 25.0. The van der Waals surface area contributed by atoms with Crippen molar-refractivity contribution >= 4 is 11.9 Å². The molecule has 1 heterocycles. The van der Waals surface area contributed by atoms with E-state index in [1.54, 1.807) is 27.7 Å². The van der Waals surface area contributed by atoms with E-state index in [0.29, 0.717) is 30.2 Å². The van der Waals surface area contributed by atoms with Crippen molar-refractivity contribution in [3.8, 4) is 0 Å². The van der Waals surface area contributed by atoms with Crippen LogP contribution in [0.5, 0.6) is 0 Å². The Hall–Kier alpha value is -1.85. The molecule has 1 rings (SSSR count). The molecule has 0 aromatic carbocycles. The molecule has 0 aliphatic heterocycles. The molecule has 1 aromatic rings. The number of aromatic nitrogens is 1. The van der Waals surface area contributed by atoms with Gasteiger partial charge in [-0.25, -0.2) is 0 Å². The van der Waals surface area contributed by atoms with Gasteiger partial charge in [-0.05, 0) is 27.7 Å². The fourth-order valence-electron chi connectivity index (χ4n) is 1.64. The molecule has 1 aromatic heterocycles. The average Bonchev–Trinajstić information content (AvgIpc) is 2.65. The smallest absolute Gasteiger partial charge is 0.325 e. The maximum absolute atomic E-state index is 12.2. The summed E-state index contributed by atoms with van der Waals surface area (Å²) < 4.78 is 9.78. The molecule has 0 radical (unpaired) electrons. The largest absolute Gasteiger partial charge is 0.465 e. The number of rotatable bonds is 5. The van der Waals surface area contributed by atoms with Gasteiger partial charge in [0, 0.05) is 6.54 Å². The third kappa shape index (κ3) is 3.09. The summed E-state index contributed by atoms with van der Waals surface area (Å²) in [6.07, 6.45) is 0. The van der Waals surface area contributed by atoms with Gasteiger partial charge in [0.2, 0.25) is 0 Å². The van der Waals surface area contributed by atoms with Gasteiger partial charge < -0.3 is 14.2 Å². The van der Waals surface area contributed by atoms with E-state index < -0.39 is 5.97 Å². The molecule has 0 aliphatic carbocycles. The van der Waals surface area contributed by atoms with Gasteiger partial charge in [0.05, 0.1) is 12.3 Å². The van der Waals surface area contributed by atoms with Crippen LogP contribution in [0.3, 0.4) is 0 Å². The van der Waals surface area contributed by atoms with Crippen molar-refractivity contribution in [2.75, 3.05) is 19.7 Å². The number of carbonyl (C=O) groups excluding carboxylic acids is 2. The first-order chi connectivity index (χ1) is 8.51. The Balaban J connectivity index is 2.83. The van der Waals surface area contributed by atoms with Crippen LogP contribution in [-0.2, 0) is 9.53 Å². The quantitative estimate of drug-likeness (QED) is 0.741. The Morgan fingerprint density at radius 1 is 1.33 bits per heavy atom. The van der Waals surface area contributed by atoms with E-state index in [2.05, 4.69) is 5.16 Å². The van der Waals surface area contributed by atoms with Crippen molar-refractivity contribution in [2.24, 2.45) is 0 Å². The van der Waals surface area contributed by atoms with Crippen LogP contribution in [0.4, 0.5) is 0 Å². The van der Waals surface area contributed by atoms with E-state index in [4.69, 9.17) is 9.26 Å². The number of esters is 1. The molecular formula is C12H18N2O4. The molecule has 0 N–H and O–H groups in total. The van der Waals surface area contributed by atoms with Gasteiger partial charge in [-0.1, -0.05) is 5.16 Å². The number of nitrogens with zero attached hydrogens (tertiary/aromatic N) is 2. The van der Waals surface area contributed by atoms with E-state index in [1.165, 1.54) is 4.90 Å². The first kappa shape index (κ1) is 14.2. The lowest BCUT2D eigenvalue weighted by molar-refractivity contribution is -0.143. The van der Waals surface area contributed by atoms with Gasteiger partial charge in [-0.3, -0.25) is 9.59 Å². The lowest BCUT2D eigenvalue weighted by Gasteiger charge is -2.19.